The molecule has 2 aromatic carbocycles. The number of nitrogens with one attached hydrogen (secondary N) is 1. The molecule has 3 rings (SSSR count). The average Bonchev–Trinajstić information content (AvgIpc) is 2.91. The van der Waals surface area contributed by atoms with E-state index in [1.54, 1.807) is 27.4 Å². The number of alkyl halides is 1. The van der Waals surface area contributed by atoms with E-state index in [0.717, 1.165) is 53.7 Å². The summed E-state index contributed by atoms with van der Waals surface area (Å²) in [7, 11) is 4.86. The molecule has 0 atom stereocenters. The SMILES string of the molecule is COc1cc2c(cc1OC)CN(CCCCNC(=O)c1cc([At])cc(OC)c1OCCOCCF)CC2. The van der Waals surface area contributed by atoms with Crippen LogP contribution in [0.25, 0.3) is 0 Å². The molecule has 0 bridgehead atoms. The predicted molar refractivity (Wildman–Crippen MR) is 135 cm³/mol. The maximum atomic E-state index is 13.0. The van der Waals surface area contributed by atoms with Crippen molar-refractivity contribution in [3.05, 3.63) is 41.0 Å². The van der Waals surface area contributed by atoms with Crippen molar-refractivity contribution in [2.45, 2.75) is 25.8 Å². The van der Waals surface area contributed by atoms with Crippen molar-refractivity contribution in [1.82, 2.24) is 10.2 Å². The van der Waals surface area contributed by atoms with Crippen molar-refractivity contribution >= 4 is 9.18 Å². The molecule has 1 heterocycles. The third-order valence-electron chi connectivity index (χ3n) is 6.16. The fourth-order valence-electron chi connectivity index (χ4n) is 4.29. The van der Waals surface area contributed by atoms with Crippen LogP contribution < -0.4 is 27.5 Å². The van der Waals surface area contributed by atoms with E-state index in [9.17, 15) is 9.18 Å². The monoisotopic (exact) mass is 713 g/mol. The number of rotatable bonds is 15. The van der Waals surface area contributed by atoms with E-state index in [-0.39, 0.29) is 25.7 Å². The second kappa shape index (κ2) is 15.3. The standard InChI is InChI=1S/C27H36AtFN2O6/c1-33-23-14-19-6-10-31(18-20(19)15-24(23)34-2)9-5-4-8-30-27(32)22-16-21(28)17-25(35-3)26(22)37-13-12-36-11-7-29/h14-17H,4-13,18H2,1-3H3,(H,30,32). The first-order valence-corrected chi connectivity index (χ1v) is 13.9. The zero-order valence-corrected chi connectivity index (χ0v) is 24.7. The van der Waals surface area contributed by atoms with Gasteiger partial charge in [-0.05, 0) is 17.7 Å². The molecule has 0 fully saturated rings. The Bertz CT molecular complexity index is 1040. The summed E-state index contributed by atoms with van der Waals surface area (Å²) in [6, 6.07) is 7.80. The molecule has 0 spiro atoms. The summed E-state index contributed by atoms with van der Waals surface area (Å²) >= 11 is 1.45. The molecule has 1 aliphatic rings. The van der Waals surface area contributed by atoms with Gasteiger partial charge in [-0.2, -0.15) is 0 Å². The van der Waals surface area contributed by atoms with E-state index < -0.39 is 6.67 Å². The van der Waals surface area contributed by atoms with Gasteiger partial charge in [0.1, 0.15) is 0 Å². The Balaban J connectivity index is 1.48. The zero-order chi connectivity index (χ0) is 26.6. The maximum absolute atomic E-state index is 13.0. The molecule has 10 heteroatoms. The molecule has 1 amide bonds. The number of carbonyl (C=O) groups excluding carboxylic acids is 1. The number of hydrogen-bond acceptors (Lipinski definition) is 7. The van der Waals surface area contributed by atoms with Gasteiger partial charge >= 0.3 is 181 Å². The Morgan fingerprint density at radius 1 is 0.973 bits per heavy atom. The second-order valence-electron chi connectivity index (χ2n) is 8.60. The summed E-state index contributed by atoms with van der Waals surface area (Å²) < 4.78 is 40.4. The van der Waals surface area contributed by atoms with Crippen molar-refractivity contribution in [1.29, 1.82) is 0 Å². The quantitative estimate of drug-likeness (QED) is 0.285. The van der Waals surface area contributed by atoms with Crippen molar-refractivity contribution in [3.63, 3.8) is 0 Å². The van der Waals surface area contributed by atoms with Crippen LogP contribution in [-0.4, -0.2) is 78.3 Å². The molecule has 8 nitrogen and oxygen atoms in total. The first-order chi connectivity index (χ1) is 18.0. The minimum atomic E-state index is -0.543. The Morgan fingerprint density at radius 2 is 1.70 bits per heavy atom. The predicted octanol–water partition coefficient (Wildman–Crippen LogP) is 2.82. The van der Waals surface area contributed by atoms with Crippen LogP contribution in [0.1, 0.15) is 34.3 Å². The second-order valence-corrected chi connectivity index (χ2v) is 10.3. The molecular formula is C27H36AtFN2O6. The summed E-state index contributed by atoms with van der Waals surface area (Å²) in [5.41, 5.74) is 3.01. The van der Waals surface area contributed by atoms with Gasteiger partial charge in [0.25, 0.3) is 0 Å². The molecule has 0 radical (unpaired) electrons. The number of hydrogen-bond donors (Lipinski definition) is 1. The van der Waals surface area contributed by atoms with Crippen LogP contribution in [-0.2, 0) is 17.7 Å². The van der Waals surface area contributed by atoms with E-state index in [0.29, 0.717) is 23.6 Å². The number of nitrogens with zero attached hydrogens (tertiary/aromatic N) is 1. The van der Waals surface area contributed by atoms with Gasteiger partial charge in [-0.3, -0.25) is 0 Å². The fourth-order valence-corrected chi connectivity index (χ4v) is 5.10. The van der Waals surface area contributed by atoms with Crippen molar-refractivity contribution in [2.24, 2.45) is 0 Å². The van der Waals surface area contributed by atoms with Gasteiger partial charge in [-0.25, -0.2) is 0 Å². The number of methoxy groups -OCH3 is 3. The molecule has 0 saturated heterocycles. The van der Waals surface area contributed by atoms with Crippen molar-refractivity contribution < 1.29 is 57.6 Å². The normalized spacial score (nSPS) is 13.1. The summed E-state index contributed by atoms with van der Waals surface area (Å²) in [5.74, 6) is 2.20. The van der Waals surface area contributed by atoms with Crippen LogP contribution in [0.5, 0.6) is 23.0 Å². The molecule has 204 valence electrons. The Labute approximate surface area is 233 Å². The molecule has 0 saturated carbocycles. The van der Waals surface area contributed by atoms with Crippen LogP contribution >= 0.6 is 0 Å². The van der Waals surface area contributed by atoms with E-state index in [2.05, 4.69) is 22.3 Å². The Kier molecular flexibility index (Phi) is 12.2. The van der Waals surface area contributed by atoms with Gasteiger partial charge in [0.05, 0.1) is 14.2 Å². The third kappa shape index (κ3) is 8.42. The van der Waals surface area contributed by atoms with Gasteiger partial charge in [-0.15, -0.1) is 0 Å². The van der Waals surface area contributed by atoms with E-state index in [4.69, 9.17) is 23.7 Å². The molecule has 0 unspecified atom stereocenters. The van der Waals surface area contributed by atoms with Crippen LogP contribution in [0.4, 0.5) is 4.39 Å². The fraction of sp³-hybridized carbons (Fsp3) is 0.519. The number of ether oxygens (including phenoxy) is 5. The van der Waals surface area contributed by atoms with E-state index in [1.807, 2.05) is 6.07 Å². The molecular weight excluding hydrogens is 677 g/mol. The molecule has 0 aromatic heterocycles. The van der Waals surface area contributed by atoms with Gasteiger partial charge < -0.3 is 9.47 Å². The molecule has 37 heavy (non-hydrogen) atoms. The summed E-state index contributed by atoms with van der Waals surface area (Å²) in [6.45, 7) is 3.30. The van der Waals surface area contributed by atoms with Crippen molar-refractivity contribution in [3.8, 4) is 23.0 Å². The van der Waals surface area contributed by atoms with Crippen LogP contribution in [0.3, 0.4) is 0 Å². The van der Waals surface area contributed by atoms with E-state index in [1.165, 1.54) is 35.8 Å². The Hall–Kier alpha value is -2.16. The molecule has 0 aliphatic carbocycles. The number of benzene rings is 2. The Morgan fingerprint density at radius 3 is 2.41 bits per heavy atom. The number of unbranched alkanes of at least 4 members (excludes halogenated alkanes) is 1. The minimum absolute atomic E-state index is 0.0247. The van der Waals surface area contributed by atoms with Crippen LogP contribution in [0.2, 0.25) is 0 Å². The molecule has 1 aliphatic heterocycles. The van der Waals surface area contributed by atoms with Gasteiger partial charge in [0, 0.05) is 0 Å². The number of amides is 1. The summed E-state index contributed by atoms with van der Waals surface area (Å²) in [5, 5.41) is 3.01. The van der Waals surface area contributed by atoms with Crippen molar-refractivity contribution in [2.75, 3.05) is 67.5 Å². The number of fused-ring (bicyclic) bond motifs is 1. The van der Waals surface area contributed by atoms with Gasteiger partial charge in [-0.1, -0.05) is 0 Å². The average molecular weight is 714 g/mol. The topological polar surface area (TPSA) is 78.5 Å². The number of carbonyl (C=O) groups is 1. The number of halogens is 1. The van der Waals surface area contributed by atoms with Gasteiger partial charge in [0.15, 0.2) is 11.5 Å². The molecule has 1 N–H and O–H groups in total. The third-order valence-corrected chi connectivity index (χ3v) is 7.01. The summed E-state index contributed by atoms with van der Waals surface area (Å²) in [4.78, 5) is 15.4. The molecule has 2 aromatic rings. The van der Waals surface area contributed by atoms with Crippen LogP contribution in [0.15, 0.2) is 24.3 Å². The first kappa shape index (κ1) is 29.4. The van der Waals surface area contributed by atoms with E-state index >= 15 is 0 Å². The zero-order valence-electron chi connectivity index (χ0n) is 21.7. The van der Waals surface area contributed by atoms with Gasteiger partial charge in [0.2, 0.25) is 0 Å². The first-order valence-electron chi connectivity index (χ1n) is 12.4. The summed E-state index contributed by atoms with van der Waals surface area (Å²) in [6.07, 6.45) is 2.81. The van der Waals surface area contributed by atoms with Crippen LogP contribution in [0, 0.1) is 24.7 Å².